The maximum atomic E-state index is 13.3. The number of carbonyl (C=O) groups excluding carboxylic acids is 1. The van der Waals surface area contributed by atoms with Crippen molar-refractivity contribution < 1.29 is 23.0 Å². The van der Waals surface area contributed by atoms with Gasteiger partial charge in [0.2, 0.25) is 11.7 Å². The number of hydrogen-bond acceptors (Lipinski definition) is 5. The molecule has 5 nitrogen and oxygen atoms in total. The summed E-state index contributed by atoms with van der Waals surface area (Å²) in [6.45, 7) is 0. The summed E-state index contributed by atoms with van der Waals surface area (Å²) in [7, 11) is 1.20. The maximum Gasteiger partial charge on any atom is 0.358 e. The average Bonchev–Trinajstić information content (AvgIpc) is 2.44. The highest BCUT2D eigenvalue weighted by Gasteiger charge is 2.12. The normalized spacial score (nSPS) is 10.1. The van der Waals surface area contributed by atoms with E-state index in [0.717, 1.165) is 18.5 Å². The molecular formula is C12H8F2N2O3. The second-order valence-electron chi connectivity index (χ2n) is 3.39. The minimum atomic E-state index is -1.12. The number of methoxy groups -OCH3 is 1. The Labute approximate surface area is 106 Å². The molecule has 0 aliphatic heterocycles. The summed E-state index contributed by atoms with van der Waals surface area (Å²) < 4.78 is 35.7. The quantitative estimate of drug-likeness (QED) is 0.798. The first-order valence-electron chi connectivity index (χ1n) is 5.14. The summed E-state index contributed by atoms with van der Waals surface area (Å²) in [5.74, 6) is -3.20. The van der Waals surface area contributed by atoms with Crippen LogP contribution in [0.4, 0.5) is 8.78 Å². The van der Waals surface area contributed by atoms with Crippen LogP contribution in [0.2, 0.25) is 0 Å². The molecule has 1 heterocycles. The van der Waals surface area contributed by atoms with Gasteiger partial charge in [0.25, 0.3) is 0 Å². The van der Waals surface area contributed by atoms with Crippen LogP contribution in [0.25, 0.3) is 0 Å². The number of nitrogens with zero attached hydrogens (tertiary/aromatic N) is 2. The molecule has 0 bridgehead atoms. The van der Waals surface area contributed by atoms with Crippen molar-refractivity contribution in [2.75, 3.05) is 7.11 Å². The van der Waals surface area contributed by atoms with E-state index >= 15 is 0 Å². The van der Waals surface area contributed by atoms with E-state index in [2.05, 4.69) is 14.7 Å². The zero-order chi connectivity index (χ0) is 13.8. The summed E-state index contributed by atoms with van der Waals surface area (Å²) in [5.41, 5.74) is -0.0189. The van der Waals surface area contributed by atoms with Gasteiger partial charge in [0, 0.05) is 0 Å². The van der Waals surface area contributed by atoms with Crippen molar-refractivity contribution in [2.45, 2.75) is 0 Å². The molecule has 1 aromatic carbocycles. The Morgan fingerprint density at radius 3 is 2.63 bits per heavy atom. The van der Waals surface area contributed by atoms with Crippen LogP contribution in [0, 0.1) is 11.6 Å². The number of hydrogen-bond donors (Lipinski definition) is 0. The average molecular weight is 266 g/mol. The van der Waals surface area contributed by atoms with Gasteiger partial charge in [-0.15, -0.1) is 0 Å². The van der Waals surface area contributed by atoms with Crippen LogP contribution in [0.3, 0.4) is 0 Å². The highest BCUT2D eigenvalue weighted by Crippen LogP contribution is 2.23. The van der Waals surface area contributed by atoms with Gasteiger partial charge >= 0.3 is 5.97 Å². The largest absolute Gasteiger partial charge is 0.464 e. The first kappa shape index (κ1) is 12.9. The fourth-order valence-electron chi connectivity index (χ4n) is 1.25. The molecule has 0 N–H and O–H groups in total. The van der Waals surface area contributed by atoms with E-state index in [-0.39, 0.29) is 17.3 Å². The third-order valence-electron chi connectivity index (χ3n) is 2.15. The Balaban J connectivity index is 2.20. The molecule has 0 saturated carbocycles. The molecule has 0 atom stereocenters. The van der Waals surface area contributed by atoms with Gasteiger partial charge in [-0.1, -0.05) is 6.07 Å². The molecule has 0 saturated heterocycles. The van der Waals surface area contributed by atoms with Gasteiger partial charge in [-0.25, -0.2) is 19.2 Å². The summed E-state index contributed by atoms with van der Waals surface area (Å²) in [6, 6.07) is 3.51. The molecule has 1 aromatic heterocycles. The zero-order valence-corrected chi connectivity index (χ0v) is 9.76. The van der Waals surface area contributed by atoms with Gasteiger partial charge in [-0.3, -0.25) is 0 Å². The van der Waals surface area contributed by atoms with E-state index in [1.165, 1.54) is 19.2 Å². The molecule has 19 heavy (non-hydrogen) atoms. The van der Waals surface area contributed by atoms with Crippen LogP contribution in [0.5, 0.6) is 11.6 Å². The van der Waals surface area contributed by atoms with E-state index in [0.29, 0.717) is 0 Å². The lowest BCUT2D eigenvalue weighted by Gasteiger charge is -2.05. The van der Waals surface area contributed by atoms with Crippen LogP contribution in [0.1, 0.15) is 10.5 Å². The van der Waals surface area contributed by atoms with Gasteiger partial charge in [-0.2, -0.15) is 4.39 Å². The van der Waals surface area contributed by atoms with Crippen LogP contribution in [-0.2, 0) is 4.74 Å². The second-order valence-corrected chi connectivity index (χ2v) is 3.39. The minimum Gasteiger partial charge on any atom is -0.464 e. The number of halogens is 2. The standard InChI is InChI=1S/C12H8F2N2O3/c1-18-12(17)8-5-16-10(6-15-8)19-9-4-2-3-7(13)11(9)14/h2-6H,1H3. The Bertz CT molecular complexity index is 602. The van der Waals surface area contributed by atoms with E-state index in [9.17, 15) is 13.6 Å². The predicted molar refractivity (Wildman–Crippen MR) is 59.8 cm³/mol. The topological polar surface area (TPSA) is 61.3 Å². The maximum absolute atomic E-state index is 13.3. The van der Waals surface area contributed by atoms with Crippen molar-refractivity contribution in [3.63, 3.8) is 0 Å². The molecule has 2 rings (SSSR count). The zero-order valence-electron chi connectivity index (χ0n) is 9.76. The molecule has 0 spiro atoms. The molecule has 7 heteroatoms. The SMILES string of the molecule is COC(=O)c1cnc(Oc2cccc(F)c2F)cn1. The Hall–Kier alpha value is -2.57. The fraction of sp³-hybridized carbons (Fsp3) is 0.0833. The first-order chi connectivity index (χ1) is 9.11. The number of rotatable bonds is 3. The van der Waals surface area contributed by atoms with E-state index in [1.807, 2.05) is 0 Å². The molecule has 98 valence electrons. The molecule has 0 radical (unpaired) electrons. The minimum absolute atomic E-state index is 0.0189. The Morgan fingerprint density at radius 1 is 1.21 bits per heavy atom. The molecule has 0 unspecified atom stereocenters. The first-order valence-corrected chi connectivity index (χ1v) is 5.14. The van der Waals surface area contributed by atoms with Crippen molar-refractivity contribution >= 4 is 5.97 Å². The van der Waals surface area contributed by atoms with Gasteiger partial charge in [-0.05, 0) is 12.1 Å². The van der Waals surface area contributed by atoms with Crippen LogP contribution < -0.4 is 4.74 Å². The monoisotopic (exact) mass is 266 g/mol. The van der Waals surface area contributed by atoms with E-state index < -0.39 is 17.6 Å². The van der Waals surface area contributed by atoms with Gasteiger partial charge in [0.1, 0.15) is 0 Å². The van der Waals surface area contributed by atoms with Crippen LogP contribution >= 0.6 is 0 Å². The molecule has 0 aliphatic carbocycles. The smallest absolute Gasteiger partial charge is 0.358 e. The molecule has 2 aromatic rings. The Morgan fingerprint density at radius 2 is 2.00 bits per heavy atom. The lowest BCUT2D eigenvalue weighted by atomic mass is 10.3. The number of esters is 1. The number of aromatic nitrogens is 2. The second kappa shape index (κ2) is 5.38. The van der Waals surface area contributed by atoms with Crippen LogP contribution in [0.15, 0.2) is 30.6 Å². The Kier molecular flexibility index (Phi) is 3.65. The van der Waals surface area contributed by atoms with Crippen molar-refractivity contribution in [3.8, 4) is 11.6 Å². The molecule has 0 amide bonds. The lowest BCUT2D eigenvalue weighted by Crippen LogP contribution is -2.05. The molecule has 0 fully saturated rings. The van der Waals surface area contributed by atoms with Gasteiger partial charge in [0.15, 0.2) is 17.3 Å². The summed E-state index contributed by atoms with van der Waals surface area (Å²) in [6.07, 6.45) is 2.22. The van der Waals surface area contributed by atoms with Crippen molar-refractivity contribution in [1.82, 2.24) is 9.97 Å². The van der Waals surface area contributed by atoms with E-state index in [4.69, 9.17) is 4.74 Å². The van der Waals surface area contributed by atoms with Crippen molar-refractivity contribution in [2.24, 2.45) is 0 Å². The molecule has 0 aliphatic rings. The van der Waals surface area contributed by atoms with Gasteiger partial charge in [0.05, 0.1) is 19.5 Å². The third-order valence-corrected chi connectivity index (χ3v) is 2.15. The highest BCUT2D eigenvalue weighted by molar-refractivity contribution is 5.86. The lowest BCUT2D eigenvalue weighted by molar-refractivity contribution is 0.0593. The summed E-state index contributed by atoms with van der Waals surface area (Å²) in [4.78, 5) is 18.6. The fourth-order valence-corrected chi connectivity index (χ4v) is 1.25. The van der Waals surface area contributed by atoms with E-state index in [1.54, 1.807) is 0 Å². The number of ether oxygens (including phenoxy) is 2. The predicted octanol–water partition coefficient (Wildman–Crippen LogP) is 2.33. The van der Waals surface area contributed by atoms with Crippen molar-refractivity contribution in [1.29, 1.82) is 0 Å². The summed E-state index contributed by atoms with van der Waals surface area (Å²) >= 11 is 0. The third kappa shape index (κ3) is 2.82. The summed E-state index contributed by atoms with van der Waals surface area (Å²) in [5, 5.41) is 0. The highest BCUT2D eigenvalue weighted by atomic mass is 19.2. The van der Waals surface area contributed by atoms with Crippen LogP contribution in [-0.4, -0.2) is 23.0 Å². The molecular weight excluding hydrogens is 258 g/mol. The number of benzene rings is 1. The van der Waals surface area contributed by atoms with Crippen molar-refractivity contribution in [3.05, 3.63) is 47.9 Å². The number of carbonyl (C=O) groups is 1. The van der Waals surface area contributed by atoms with Gasteiger partial charge < -0.3 is 9.47 Å².